The molecule has 2 heteroatoms. The highest BCUT2D eigenvalue weighted by atomic mass is 16.1. The van der Waals surface area contributed by atoms with Gasteiger partial charge in [-0.15, -0.1) is 0 Å². The molecule has 0 rings (SSSR count). The molecule has 0 radical (unpaired) electrons. The average Bonchev–Trinajstić information content (AvgIpc) is 2.00. The number of rotatable bonds is 5. The van der Waals surface area contributed by atoms with Gasteiger partial charge in [0.1, 0.15) is 0 Å². The van der Waals surface area contributed by atoms with Crippen molar-refractivity contribution in [3.05, 3.63) is 0 Å². The second-order valence-electron chi connectivity index (χ2n) is 2.41. The molecule has 0 fully saturated rings. The highest BCUT2D eigenvalue weighted by molar-refractivity contribution is 5.47. The van der Waals surface area contributed by atoms with E-state index in [0.717, 1.165) is 25.8 Å². The van der Waals surface area contributed by atoms with E-state index in [1.165, 1.54) is 0 Å². The predicted molar refractivity (Wildman–Crippen MR) is 42.8 cm³/mol. The van der Waals surface area contributed by atoms with Gasteiger partial charge in [0.05, 0.1) is 0 Å². The lowest BCUT2D eigenvalue weighted by atomic mass is 10.1. The first kappa shape index (κ1) is 9.47. The minimum atomic E-state index is 0.447. The van der Waals surface area contributed by atoms with Gasteiger partial charge in [-0.1, -0.05) is 13.8 Å². The summed E-state index contributed by atoms with van der Waals surface area (Å²) in [6.07, 6.45) is 3.06. The van der Waals surface area contributed by atoms with Gasteiger partial charge in [0.25, 0.3) is 0 Å². The van der Waals surface area contributed by atoms with Gasteiger partial charge in [0.15, 0.2) is 0 Å². The molecule has 0 saturated carbocycles. The van der Waals surface area contributed by atoms with Crippen LogP contribution in [0.25, 0.3) is 0 Å². The van der Waals surface area contributed by atoms with Gasteiger partial charge in [-0.2, -0.15) is 0 Å². The van der Waals surface area contributed by atoms with Crippen LogP contribution >= 0.6 is 0 Å². The summed E-state index contributed by atoms with van der Waals surface area (Å²) in [5.41, 5.74) is 0. The van der Waals surface area contributed by atoms with Crippen molar-refractivity contribution in [3.63, 3.8) is 0 Å². The fourth-order valence-corrected chi connectivity index (χ4v) is 1.18. The zero-order valence-electron chi connectivity index (χ0n) is 7.13. The molecule has 0 aromatic carbocycles. The van der Waals surface area contributed by atoms with Crippen molar-refractivity contribution >= 4 is 6.41 Å². The van der Waals surface area contributed by atoms with Crippen molar-refractivity contribution in [1.82, 2.24) is 4.90 Å². The standard InChI is InChI=1S/C8H17NO/c1-4-8(5-2)9(6-3)7-10/h7-8H,4-6H2,1-3H3. The van der Waals surface area contributed by atoms with Crippen LogP contribution in [0.2, 0.25) is 0 Å². The Balaban J connectivity index is 3.81. The van der Waals surface area contributed by atoms with Gasteiger partial charge < -0.3 is 4.90 Å². The Morgan fingerprint density at radius 3 is 1.90 bits per heavy atom. The molecule has 0 heterocycles. The largest absolute Gasteiger partial charge is 0.343 e. The number of amides is 1. The van der Waals surface area contributed by atoms with Crippen molar-refractivity contribution in [2.45, 2.75) is 39.7 Å². The summed E-state index contributed by atoms with van der Waals surface area (Å²) in [7, 11) is 0. The second-order valence-corrected chi connectivity index (χ2v) is 2.41. The van der Waals surface area contributed by atoms with Gasteiger partial charge in [-0.3, -0.25) is 4.79 Å². The molecule has 1 amide bonds. The van der Waals surface area contributed by atoms with Crippen LogP contribution in [0.4, 0.5) is 0 Å². The molecule has 10 heavy (non-hydrogen) atoms. The van der Waals surface area contributed by atoms with Crippen LogP contribution in [-0.4, -0.2) is 23.9 Å². The monoisotopic (exact) mass is 143 g/mol. The maximum absolute atomic E-state index is 10.4. The van der Waals surface area contributed by atoms with Gasteiger partial charge in [0.2, 0.25) is 6.41 Å². The van der Waals surface area contributed by atoms with E-state index in [1.807, 2.05) is 11.8 Å². The zero-order valence-corrected chi connectivity index (χ0v) is 7.13. The van der Waals surface area contributed by atoms with Crippen molar-refractivity contribution in [1.29, 1.82) is 0 Å². The van der Waals surface area contributed by atoms with Gasteiger partial charge in [0, 0.05) is 12.6 Å². The molecule has 0 aromatic rings. The van der Waals surface area contributed by atoms with Crippen LogP contribution in [0.3, 0.4) is 0 Å². The quantitative estimate of drug-likeness (QED) is 0.536. The van der Waals surface area contributed by atoms with Crippen LogP contribution < -0.4 is 0 Å². The van der Waals surface area contributed by atoms with Crippen LogP contribution in [0, 0.1) is 0 Å². The Morgan fingerprint density at radius 1 is 1.30 bits per heavy atom. The third-order valence-electron chi connectivity index (χ3n) is 1.91. The highest BCUT2D eigenvalue weighted by Crippen LogP contribution is 2.04. The van der Waals surface area contributed by atoms with Gasteiger partial charge in [-0.25, -0.2) is 0 Å². The molecule has 0 aromatic heterocycles. The molecule has 0 aliphatic heterocycles. The van der Waals surface area contributed by atoms with Crippen LogP contribution in [0.1, 0.15) is 33.6 Å². The van der Waals surface area contributed by atoms with Gasteiger partial charge >= 0.3 is 0 Å². The molecule has 0 atom stereocenters. The molecule has 0 unspecified atom stereocenters. The smallest absolute Gasteiger partial charge is 0.209 e. The third-order valence-corrected chi connectivity index (χ3v) is 1.91. The first-order valence-electron chi connectivity index (χ1n) is 4.01. The fraction of sp³-hybridized carbons (Fsp3) is 0.875. The lowest BCUT2D eigenvalue weighted by Crippen LogP contribution is -2.32. The summed E-state index contributed by atoms with van der Waals surface area (Å²) in [4.78, 5) is 12.3. The van der Waals surface area contributed by atoms with E-state index in [0.29, 0.717) is 6.04 Å². The molecule has 0 aliphatic carbocycles. The van der Waals surface area contributed by atoms with Crippen LogP contribution in [0.5, 0.6) is 0 Å². The Hall–Kier alpha value is -0.530. The first-order valence-corrected chi connectivity index (χ1v) is 4.01. The number of carbonyl (C=O) groups is 1. The van der Waals surface area contributed by atoms with Crippen LogP contribution in [0.15, 0.2) is 0 Å². The van der Waals surface area contributed by atoms with E-state index >= 15 is 0 Å². The minimum absolute atomic E-state index is 0.447. The Bertz CT molecular complexity index is 89.3. The van der Waals surface area contributed by atoms with E-state index in [-0.39, 0.29) is 0 Å². The average molecular weight is 143 g/mol. The minimum Gasteiger partial charge on any atom is -0.343 e. The summed E-state index contributed by atoms with van der Waals surface area (Å²) in [5, 5.41) is 0. The van der Waals surface area contributed by atoms with Crippen molar-refractivity contribution in [2.24, 2.45) is 0 Å². The summed E-state index contributed by atoms with van der Waals surface area (Å²) >= 11 is 0. The Kier molecular flexibility index (Phi) is 4.99. The molecule has 0 saturated heterocycles. The molecular weight excluding hydrogens is 126 g/mol. The fourth-order valence-electron chi connectivity index (χ4n) is 1.18. The van der Waals surface area contributed by atoms with Crippen molar-refractivity contribution in [2.75, 3.05) is 6.54 Å². The second kappa shape index (κ2) is 5.27. The molecule has 2 nitrogen and oxygen atoms in total. The van der Waals surface area contributed by atoms with Crippen molar-refractivity contribution in [3.8, 4) is 0 Å². The molecule has 0 aliphatic rings. The first-order chi connectivity index (χ1) is 4.79. The van der Waals surface area contributed by atoms with Gasteiger partial charge in [-0.05, 0) is 19.8 Å². The number of hydrogen-bond donors (Lipinski definition) is 0. The highest BCUT2D eigenvalue weighted by Gasteiger charge is 2.09. The van der Waals surface area contributed by atoms with E-state index in [2.05, 4.69) is 13.8 Å². The maximum Gasteiger partial charge on any atom is 0.209 e. The lowest BCUT2D eigenvalue weighted by Gasteiger charge is -2.24. The summed E-state index contributed by atoms with van der Waals surface area (Å²) in [6.45, 7) is 7.06. The number of carbonyl (C=O) groups excluding carboxylic acids is 1. The molecule has 0 N–H and O–H groups in total. The van der Waals surface area contributed by atoms with Crippen molar-refractivity contribution < 1.29 is 4.79 Å². The van der Waals surface area contributed by atoms with E-state index < -0.39 is 0 Å². The Morgan fingerprint density at radius 2 is 1.80 bits per heavy atom. The van der Waals surface area contributed by atoms with E-state index in [1.54, 1.807) is 0 Å². The predicted octanol–water partition coefficient (Wildman–Crippen LogP) is 1.65. The maximum atomic E-state index is 10.4. The molecule has 0 spiro atoms. The van der Waals surface area contributed by atoms with E-state index in [9.17, 15) is 4.79 Å². The molecule has 60 valence electrons. The third kappa shape index (κ3) is 2.38. The molecular formula is C8H17NO. The summed E-state index contributed by atoms with van der Waals surface area (Å²) in [5.74, 6) is 0. The Labute approximate surface area is 63.2 Å². The van der Waals surface area contributed by atoms with E-state index in [4.69, 9.17) is 0 Å². The number of nitrogens with zero attached hydrogens (tertiary/aromatic N) is 1. The molecule has 0 bridgehead atoms. The number of hydrogen-bond acceptors (Lipinski definition) is 1. The summed E-state index contributed by atoms with van der Waals surface area (Å²) < 4.78 is 0. The summed E-state index contributed by atoms with van der Waals surface area (Å²) in [6, 6.07) is 0.447. The SMILES string of the molecule is CCC(CC)N(C=O)CC. The lowest BCUT2D eigenvalue weighted by molar-refractivity contribution is -0.120. The normalized spacial score (nSPS) is 10.0. The van der Waals surface area contributed by atoms with Crippen LogP contribution in [-0.2, 0) is 4.79 Å². The topological polar surface area (TPSA) is 20.3 Å². The zero-order chi connectivity index (χ0) is 7.98.